The van der Waals surface area contributed by atoms with Crippen molar-refractivity contribution in [2.45, 2.75) is 19.4 Å². The highest BCUT2D eigenvalue weighted by Gasteiger charge is 2.24. The van der Waals surface area contributed by atoms with Gasteiger partial charge >= 0.3 is 0 Å². The average Bonchev–Trinajstić information content (AvgIpc) is 2.32. The molecular weight excluding hydrogens is 335 g/mol. The van der Waals surface area contributed by atoms with Gasteiger partial charge in [0.15, 0.2) is 0 Å². The molecule has 0 radical (unpaired) electrons. The molecule has 1 heterocycles. The first-order valence-electron chi connectivity index (χ1n) is 6.04. The van der Waals surface area contributed by atoms with Gasteiger partial charge in [0.05, 0.1) is 5.56 Å². The first kappa shape index (κ1) is 16.4. The van der Waals surface area contributed by atoms with E-state index in [1.807, 2.05) is 0 Å². The molecule has 1 aliphatic rings. The zero-order valence-corrected chi connectivity index (χ0v) is 13.0. The molecule has 2 atom stereocenters. The first-order chi connectivity index (χ1) is 8.58. The summed E-state index contributed by atoms with van der Waals surface area (Å²) in [5.41, 5.74) is 0.0935. The lowest BCUT2D eigenvalue weighted by atomic mass is 9.94. The number of carbonyl (C=O) groups is 1. The maximum absolute atomic E-state index is 13.6. The van der Waals surface area contributed by atoms with Gasteiger partial charge in [-0.15, -0.1) is 12.4 Å². The van der Waals surface area contributed by atoms with Crippen LogP contribution in [-0.2, 0) is 0 Å². The molecule has 0 bridgehead atoms. The van der Waals surface area contributed by atoms with Gasteiger partial charge in [-0.2, -0.15) is 0 Å². The summed E-state index contributed by atoms with van der Waals surface area (Å²) in [5, 5.41) is 6.12. The van der Waals surface area contributed by atoms with Crippen LogP contribution >= 0.6 is 28.3 Å². The van der Waals surface area contributed by atoms with Gasteiger partial charge in [0.2, 0.25) is 0 Å². The van der Waals surface area contributed by atoms with Gasteiger partial charge in [0.25, 0.3) is 5.91 Å². The summed E-state index contributed by atoms with van der Waals surface area (Å²) in [7, 11) is 0. The van der Waals surface area contributed by atoms with E-state index in [4.69, 9.17) is 0 Å². The Labute approximate surface area is 126 Å². The van der Waals surface area contributed by atoms with Crippen LogP contribution in [0.2, 0.25) is 0 Å². The van der Waals surface area contributed by atoms with Crippen molar-refractivity contribution < 1.29 is 9.18 Å². The molecule has 0 spiro atoms. The zero-order valence-electron chi connectivity index (χ0n) is 10.6. The quantitative estimate of drug-likeness (QED) is 0.860. The molecule has 1 fully saturated rings. The highest BCUT2D eigenvalue weighted by Crippen LogP contribution is 2.17. The van der Waals surface area contributed by atoms with E-state index >= 15 is 0 Å². The molecule has 1 aromatic rings. The van der Waals surface area contributed by atoms with E-state index in [1.54, 1.807) is 6.07 Å². The van der Waals surface area contributed by atoms with Crippen molar-refractivity contribution in [3.63, 3.8) is 0 Å². The Balaban J connectivity index is 0.00000180. The van der Waals surface area contributed by atoms with Crippen LogP contribution in [0.25, 0.3) is 0 Å². The maximum atomic E-state index is 13.6. The van der Waals surface area contributed by atoms with Gasteiger partial charge in [-0.3, -0.25) is 4.79 Å². The predicted molar refractivity (Wildman–Crippen MR) is 79.3 cm³/mol. The summed E-state index contributed by atoms with van der Waals surface area (Å²) in [6, 6.07) is 4.53. The Bertz CT molecular complexity index is 458. The molecule has 106 valence electrons. The largest absolute Gasteiger partial charge is 0.348 e. The van der Waals surface area contributed by atoms with E-state index in [2.05, 4.69) is 33.5 Å². The van der Waals surface area contributed by atoms with Crippen LogP contribution in [-0.4, -0.2) is 25.0 Å². The Kier molecular flexibility index (Phi) is 6.23. The van der Waals surface area contributed by atoms with Crippen LogP contribution in [0.3, 0.4) is 0 Å². The number of nitrogens with one attached hydrogen (secondary N) is 2. The highest BCUT2D eigenvalue weighted by molar-refractivity contribution is 9.10. The Morgan fingerprint density at radius 1 is 1.53 bits per heavy atom. The summed E-state index contributed by atoms with van der Waals surface area (Å²) in [4.78, 5) is 12.0. The molecule has 19 heavy (non-hydrogen) atoms. The van der Waals surface area contributed by atoms with E-state index in [-0.39, 0.29) is 29.9 Å². The molecule has 1 saturated heterocycles. The lowest BCUT2D eigenvalue weighted by Gasteiger charge is -2.30. The standard InChI is InChI=1S/C13H16BrFN2O.ClH/c1-8-4-5-16-7-12(8)17-13(18)10-3-2-9(14)6-11(10)15;/h2-3,6,8,12,16H,4-5,7H2,1H3,(H,17,18);1H. The lowest BCUT2D eigenvalue weighted by Crippen LogP contribution is -2.50. The fraction of sp³-hybridized carbons (Fsp3) is 0.462. The van der Waals surface area contributed by atoms with Gasteiger partial charge in [-0.25, -0.2) is 4.39 Å². The number of halogens is 3. The molecule has 2 N–H and O–H groups in total. The van der Waals surface area contributed by atoms with E-state index in [0.29, 0.717) is 10.4 Å². The second-order valence-corrected chi connectivity index (χ2v) is 5.59. The summed E-state index contributed by atoms with van der Waals surface area (Å²) in [6.07, 6.45) is 1.02. The van der Waals surface area contributed by atoms with Crippen molar-refractivity contribution in [1.82, 2.24) is 10.6 Å². The third-order valence-corrected chi connectivity index (χ3v) is 3.81. The molecule has 1 aliphatic heterocycles. The molecule has 0 aromatic heterocycles. The topological polar surface area (TPSA) is 41.1 Å². The molecule has 3 nitrogen and oxygen atoms in total. The number of hydrogen-bond donors (Lipinski definition) is 2. The van der Waals surface area contributed by atoms with Crippen LogP contribution in [0.5, 0.6) is 0 Å². The van der Waals surface area contributed by atoms with E-state index in [9.17, 15) is 9.18 Å². The summed E-state index contributed by atoms with van der Waals surface area (Å²) < 4.78 is 14.3. The van der Waals surface area contributed by atoms with Crippen molar-refractivity contribution in [2.24, 2.45) is 5.92 Å². The molecule has 2 rings (SSSR count). The van der Waals surface area contributed by atoms with Gasteiger partial charge in [0.1, 0.15) is 5.82 Å². The average molecular weight is 352 g/mol. The minimum atomic E-state index is -0.502. The maximum Gasteiger partial charge on any atom is 0.254 e. The molecule has 1 amide bonds. The molecule has 0 saturated carbocycles. The molecule has 6 heteroatoms. The SMILES string of the molecule is CC1CCNCC1NC(=O)c1ccc(Br)cc1F.Cl. The van der Waals surface area contributed by atoms with E-state index < -0.39 is 5.82 Å². The van der Waals surface area contributed by atoms with E-state index in [1.165, 1.54) is 12.1 Å². The minimum absolute atomic E-state index is 0. The first-order valence-corrected chi connectivity index (χ1v) is 6.84. The molecular formula is C13H17BrClFN2O. The fourth-order valence-electron chi connectivity index (χ4n) is 2.10. The minimum Gasteiger partial charge on any atom is -0.348 e. The van der Waals surface area contributed by atoms with Crippen molar-refractivity contribution in [3.05, 3.63) is 34.1 Å². The van der Waals surface area contributed by atoms with Crippen LogP contribution in [0.1, 0.15) is 23.7 Å². The van der Waals surface area contributed by atoms with Crippen LogP contribution in [0.4, 0.5) is 4.39 Å². The second kappa shape index (κ2) is 7.22. The zero-order chi connectivity index (χ0) is 13.1. The molecule has 1 aromatic carbocycles. The number of amides is 1. The number of carbonyl (C=O) groups excluding carboxylic acids is 1. The van der Waals surface area contributed by atoms with E-state index in [0.717, 1.165) is 19.5 Å². The van der Waals surface area contributed by atoms with Gasteiger partial charge in [-0.1, -0.05) is 22.9 Å². The summed E-state index contributed by atoms with van der Waals surface area (Å²) >= 11 is 3.17. The third kappa shape index (κ3) is 4.16. The fourth-order valence-corrected chi connectivity index (χ4v) is 2.44. The molecule has 2 unspecified atom stereocenters. The second-order valence-electron chi connectivity index (χ2n) is 4.67. The Hall–Kier alpha value is -0.650. The lowest BCUT2D eigenvalue weighted by molar-refractivity contribution is 0.0911. The molecule has 0 aliphatic carbocycles. The number of hydrogen-bond acceptors (Lipinski definition) is 2. The normalized spacial score (nSPS) is 22.5. The number of rotatable bonds is 2. The van der Waals surface area contributed by atoms with Crippen LogP contribution in [0, 0.1) is 11.7 Å². The summed E-state index contributed by atoms with van der Waals surface area (Å²) in [6.45, 7) is 3.81. The predicted octanol–water partition coefficient (Wildman–Crippen LogP) is 2.74. The van der Waals surface area contributed by atoms with Gasteiger partial charge < -0.3 is 10.6 Å². The van der Waals surface area contributed by atoms with Crippen LogP contribution < -0.4 is 10.6 Å². The highest BCUT2D eigenvalue weighted by atomic mass is 79.9. The van der Waals surface area contributed by atoms with Crippen molar-refractivity contribution >= 4 is 34.2 Å². The van der Waals surface area contributed by atoms with Crippen molar-refractivity contribution in [1.29, 1.82) is 0 Å². The number of piperidine rings is 1. The third-order valence-electron chi connectivity index (χ3n) is 3.32. The number of benzene rings is 1. The van der Waals surface area contributed by atoms with Gasteiger partial charge in [0, 0.05) is 17.1 Å². The Morgan fingerprint density at radius 2 is 2.26 bits per heavy atom. The Morgan fingerprint density at radius 3 is 2.89 bits per heavy atom. The van der Waals surface area contributed by atoms with Gasteiger partial charge in [-0.05, 0) is 37.1 Å². The summed E-state index contributed by atoms with van der Waals surface area (Å²) in [5.74, 6) is -0.437. The van der Waals surface area contributed by atoms with Crippen molar-refractivity contribution in [2.75, 3.05) is 13.1 Å². The van der Waals surface area contributed by atoms with Crippen molar-refractivity contribution in [3.8, 4) is 0 Å². The van der Waals surface area contributed by atoms with Crippen LogP contribution in [0.15, 0.2) is 22.7 Å². The smallest absolute Gasteiger partial charge is 0.254 e. The monoisotopic (exact) mass is 350 g/mol.